The number of hydrogen-bond acceptors (Lipinski definition) is 6. The summed E-state index contributed by atoms with van der Waals surface area (Å²) in [7, 11) is 0. The maximum Gasteiger partial charge on any atom is 0.239 e. The van der Waals surface area contributed by atoms with Crippen LogP contribution in [-0.4, -0.2) is 45.2 Å². The number of rotatable bonds is 4. The van der Waals surface area contributed by atoms with Gasteiger partial charge in [0.2, 0.25) is 5.91 Å². The third-order valence-corrected chi connectivity index (χ3v) is 8.42. The van der Waals surface area contributed by atoms with Crippen LogP contribution in [0.5, 0.6) is 0 Å². The first-order valence-corrected chi connectivity index (χ1v) is 12.9. The highest BCUT2D eigenvalue weighted by Gasteiger charge is 2.29. The molecule has 1 N–H and O–H groups in total. The molecule has 0 unspecified atom stereocenters. The number of carbonyl (C=O) groups is 1. The van der Waals surface area contributed by atoms with Crippen molar-refractivity contribution in [3.63, 3.8) is 0 Å². The molecule has 32 heavy (non-hydrogen) atoms. The highest BCUT2D eigenvalue weighted by atomic mass is 32.1. The van der Waals surface area contributed by atoms with Crippen LogP contribution in [0.4, 0.5) is 5.00 Å². The molecular weight excluding hydrogens is 420 g/mol. The van der Waals surface area contributed by atoms with E-state index in [1.54, 1.807) is 11.3 Å². The molecule has 3 aliphatic rings. The van der Waals surface area contributed by atoms with Gasteiger partial charge in [0.1, 0.15) is 22.7 Å². The summed E-state index contributed by atoms with van der Waals surface area (Å²) in [6.07, 6.45) is 9.93. The zero-order valence-corrected chi connectivity index (χ0v) is 19.7. The fourth-order valence-electron chi connectivity index (χ4n) is 5.55. The van der Waals surface area contributed by atoms with Crippen LogP contribution in [0.2, 0.25) is 0 Å². The largest absolute Gasteiger partial charge is 0.315 e. The first-order valence-electron chi connectivity index (χ1n) is 12.1. The van der Waals surface area contributed by atoms with Gasteiger partial charge in [0, 0.05) is 30.3 Å². The Balaban J connectivity index is 1.24. The van der Waals surface area contributed by atoms with Crippen molar-refractivity contribution in [1.82, 2.24) is 19.7 Å². The molecule has 4 heterocycles. The molecule has 7 nitrogen and oxygen atoms in total. The van der Waals surface area contributed by atoms with Gasteiger partial charge in [0.15, 0.2) is 0 Å². The monoisotopic (exact) mass is 452 g/mol. The van der Waals surface area contributed by atoms with Crippen molar-refractivity contribution in [3.8, 4) is 6.07 Å². The number of thiophene rings is 1. The van der Waals surface area contributed by atoms with Crippen molar-refractivity contribution in [2.75, 3.05) is 25.0 Å². The molecule has 8 heteroatoms. The van der Waals surface area contributed by atoms with E-state index in [0.717, 1.165) is 80.4 Å². The molecule has 5 rings (SSSR count). The van der Waals surface area contributed by atoms with E-state index < -0.39 is 0 Å². The van der Waals surface area contributed by atoms with Crippen molar-refractivity contribution in [1.29, 1.82) is 5.26 Å². The van der Waals surface area contributed by atoms with Crippen LogP contribution in [-0.2, 0) is 30.6 Å². The lowest BCUT2D eigenvalue weighted by atomic mass is 9.89. The van der Waals surface area contributed by atoms with E-state index in [1.165, 1.54) is 24.1 Å². The highest BCUT2D eigenvalue weighted by Crippen LogP contribution is 2.39. The molecule has 2 aliphatic heterocycles. The number of likely N-dealkylation sites (tertiary alicyclic amines) is 1. The fraction of sp³-hybridized carbons (Fsp3) is 0.667. The van der Waals surface area contributed by atoms with E-state index in [2.05, 4.69) is 38.0 Å². The molecule has 0 radical (unpaired) electrons. The molecule has 1 amide bonds. The van der Waals surface area contributed by atoms with E-state index in [4.69, 9.17) is 0 Å². The molecule has 2 atom stereocenters. The fourth-order valence-corrected chi connectivity index (χ4v) is 6.92. The average molecular weight is 453 g/mol. The molecule has 2 aromatic rings. The average Bonchev–Trinajstić information content (AvgIpc) is 3.25. The number of nitriles is 1. The summed E-state index contributed by atoms with van der Waals surface area (Å²) in [4.78, 5) is 16.4. The second-order valence-corrected chi connectivity index (χ2v) is 10.8. The van der Waals surface area contributed by atoms with Crippen molar-refractivity contribution in [3.05, 3.63) is 27.7 Å². The van der Waals surface area contributed by atoms with E-state index in [0.29, 0.717) is 23.9 Å². The summed E-state index contributed by atoms with van der Waals surface area (Å²) < 4.78 is 2.34. The SMILES string of the molecule is C[C@@H]1CCc2c(sc(NC(=O)CN3CCC[C@@H](c4nnc5n4CCCCC5)C3)c2C#N)C1. The standard InChI is InChI=1S/C24H32N6OS/c1-16-8-9-18-19(13-25)24(32-20(18)12-16)26-22(31)15-29-10-5-6-17(14-29)23-28-27-21-7-3-2-4-11-30(21)23/h16-17H,2-12,14-15H2,1H3,(H,26,31)/t16-,17-/m1/s1. The topological polar surface area (TPSA) is 86.8 Å². The smallest absolute Gasteiger partial charge is 0.239 e. The van der Waals surface area contributed by atoms with Gasteiger partial charge in [0.25, 0.3) is 0 Å². The van der Waals surface area contributed by atoms with Gasteiger partial charge in [-0.15, -0.1) is 21.5 Å². The summed E-state index contributed by atoms with van der Waals surface area (Å²) in [6, 6.07) is 2.35. The Kier molecular flexibility index (Phi) is 6.29. The Morgan fingerprint density at radius 3 is 2.97 bits per heavy atom. The van der Waals surface area contributed by atoms with Crippen molar-refractivity contribution in [2.45, 2.75) is 77.2 Å². The number of nitrogens with zero attached hydrogens (tertiary/aromatic N) is 5. The van der Waals surface area contributed by atoms with E-state index in [1.807, 2.05) is 0 Å². The number of anilines is 1. The number of aromatic nitrogens is 3. The Morgan fingerprint density at radius 2 is 2.09 bits per heavy atom. The normalized spacial score (nSPS) is 23.6. The minimum Gasteiger partial charge on any atom is -0.315 e. The maximum absolute atomic E-state index is 12.9. The first-order chi connectivity index (χ1) is 15.6. The predicted molar refractivity (Wildman–Crippen MR) is 125 cm³/mol. The lowest BCUT2D eigenvalue weighted by Crippen LogP contribution is -2.40. The molecule has 170 valence electrons. The molecule has 1 saturated heterocycles. The number of carbonyl (C=O) groups excluding carboxylic acids is 1. The Labute approximate surface area is 193 Å². The second kappa shape index (κ2) is 9.32. The minimum absolute atomic E-state index is 0.0196. The number of amides is 1. The van der Waals surface area contributed by atoms with Crippen molar-refractivity contribution in [2.24, 2.45) is 5.92 Å². The predicted octanol–water partition coefficient (Wildman–Crippen LogP) is 3.88. The maximum atomic E-state index is 12.9. The lowest BCUT2D eigenvalue weighted by Gasteiger charge is -2.31. The summed E-state index contributed by atoms with van der Waals surface area (Å²) in [5.74, 6) is 3.20. The van der Waals surface area contributed by atoms with Crippen LogP contribution in [0.25, 0.3) is 0 Å². The van der Waals surface area contributed by atoms with Crippen LogP contribution in [0.3, 0.4) is 0 Å². The number of nitrogens with one attached hydrogen (secondary N) is 1. The number of aryl methyl sites for hydroxylation is 1. The molecule has 0 bridgehead atoms. The van der Waals surface area contributed by atoms with Gasteiger partial charge in [-0.3, -0.25) is 9.69 Å². The van der Waals surface area contributed by atoms with Crippen LogP contribution in [0, 0.1) is 17.2 Å². The second-order valence-electron chi connectivity index (χ2n) is 9.73. The molecule has 0 aromatic carbocycles. The number of piperidine rings is 1. The molecular formula is C24H32N6OS. The Hall–Kier alpha value is -2.24. The summed E-state index contributed by atoms with van der Waals surface area (Å²) in [6.45, 7) is 5.41. The molecule has 0 spiro atoms. The van der Waals surface area contributed by atoms with E-state index in [-0.39, 0.29) is 5.91 Å². The van der Waals surface area contributed by atoms with Crippen molar-refractivity contribution < 1.29 is 4.79 Å². The van der Waals surface area contributed by atoms with Crippen LogP contribution in [0.1, 0.15) is 79.0 Å². The lowest BCUT2D eigenvalue weighted by molar-refractivity contribution is -0.117. The van der Waals surface area contributed by atoms with Crippen LogP contribution < -0.4 is 5.32 Å². The van der Waals surface area contributed by atoms with Crippen molar-refractivity contribution >= 4 is 22.2 Å². The Morgan fingerprint density at radius 1 is 1.19 bits per heavy atom. The Bertz CT molecular complexity index is 1030. The van der Waals surface area contributed by atoms with Crippen LogP contribution in [0.15, 0.2) is 0 Å². The molecule has 1 fully saturated rings. The summed E-state index contributed by atoms with van der Waals surface area (Å²) >= 11 is 1.60. The quantitative estimate of drug-likeness (QED) is 0.761. The highest BCUT2D eigenvalue weighted by molar-refractivity contribution is 7.16. The zero-order chi connectivity index (χ0) is 22.1. The number of hydrogen-bond donors (Lipinski definition) is 1. The first kappa shape index (κ1) is 21.6. The van der Waals surface area contributed by atoms with Gasteiger partial charge in [-0.2, -0.15) is 5.26 Å². The van der Waals surface area contributed by atoms with Crippen LogP contribution >= 0.6 is 11.3 Å². The van der Waals surface area contributed by atoms with Gasteiger partial charge in [-0.05, 0) is 63.0 Å². The van der Waals surface area contributed by atoms with Gasteiger partial charge in [-0.1, -0.05) is 13.3 Å². The summed E-state index contributed by atoms with van der Waals surface area (Å²) in [5.41, 5.74) is 1.85. The van der Waals surface area contributed by atoms with Gasteiger partial charge >= 0.3 is 0 Å². The third kappa shape index (κ3) is 4.33. The van der Waals surface area contributed by atoms with E-state index >= 15 is 0 Å². The van der Waals surface area contributed by atoms with E-state index in [9.17, 15) is 10.1 Å². The van der Waals surface area contributed by atoms with Gasteiger partial charge in [0.05, 0.1) is 12.1 Å². The van der Waals surface area contributed by atoms with Gasteiger partial charge < -0.3 is 9.88 Å². The number of fused-ring (bicyclic) bond motifs is 2. The third-order valence-electron chi connectivity index (χ3n) is 7.25. The van der Waals surface area contributed by atoms with Gasteiger partial charge in [-0.25, -0.2) is 0 Å². The summed E-state index contributed by atoms with van der Waals surface area (Å²) in [5, 5.41) is 22.6. The molecule has 0 saturated carbocycles. The molecule has 1 aliphatic carbocycles. The minimum atomic E-state index is -0.0196. The molecule has 2 aromatic heterocycles. The zero-order valence-electron chi connectivity index (χ0n) is 18.9.